The average Bonchev–Trinajstić information content (AvgIpc) is 3.25. The lowest BCUT2D eigenvalue weighted by Gasteiger charge is -2.29. The standard InChI is InChI=1S/C38H44N6O9/c1-22(2)19-29(33(48)40-28(20-30(45)46)32(47)42-31(34(49)50)25-12-7-6-8-13-25)44-35(51)38(4,5)43(37(44)53)21-24-15-17-26(18-16-24)39-36(52)41-27-14-10-9-11-23(27)3/h6-18,22,28-29,31H,19-21H2,1-5H3,(H,40,48)(H,42,47)(H,45,46)(H,49,50)(H2,39,41,52). The van der Waals surface area contributed by atoms with E-state index >= 15 is 0 Å². The van der Waals surface area contributed by atoms with Crippen LogP contribution in [0.4, 0.5) is 21.0 Å². The second-order valence-corrected chi connectivity index (χ2v) is 13.7. The molecule has 0 radical (unpaired) electrons. The number of carboxylic acid groups (broad SMARTS) is 2. The summed E-state index contributed by atoms with van der Waals surface area (Å²) in [5.74, 6) is -5.80. The Kier molecular flexibility index (Phi) is 12.6. The number of nitrogens with one attached hydrogen (secondary N) is 4. The van der Waals surface area contributed by atoms with Gasteiger partial charge in [0.15, 0.2) is 6.04 Å². The number of imide groups is 1. The van der Waals surface area contributed by atoms with Gasteiger partial charge in [0.1, 0.15) is 17.6 Å². The van der Waals surface area contributed by atoms with Crippen LogP contribution in [0.2, 0.25) is 0 Å². The number of nitrogens with zero attached hydrogens (tertiary/aromatic N) is 2. The van der Waals surface area contributed by atoms with Crippen LogP contribution in [0, 0.1) is 12.8 Å². The van der Waals surface area contributed by atoms with Crippen LogP contribution in [0.3, 0.4) is 0 Å². The van der Waals surface area contributed by atoms with Gasteiger partial charge >= 0.3 is 24.0 Å². The highest BCUT2D eigenvalue weighted by molar-refractivity contribution is 6.10. The van der Waals surface area contributed by atoms with Crippen LogP contribution in [0.15, 0.2) is 78.9 Å². The Morgan fingerprint density at radius 1 is 0.792 bits per heavy atom. The van der Waals surface area contributed by atoms with Crippen molar-refractivity contribution in [1.29, 1.82) is 0 Å². The molecule has 7 amide bonds. The number of aliphatic carboxylic acids is 2. The van der Waals surface area contributed by atoms with E-state index in [9.17, 15) is 43.8 Å². The van der Waals surface area contributed by atoms with Crippen molar-refractivity contribution in [3.8, 4) is 0 Å². The summed E-state index contributed by atoms with van der Waals surface area (Å²) in [5.41, 5.74) is 1.48. The minimum absolute atomic E-state index is 0.0126. The van der Waals surface area contributed by atoms with Crippen molar-refractivity contribution >= 4 is 53.1 Å². The average molecular weight is 729 g/mol. The quantitative estimate of drug-likeness (QED) is 0.121. The molecule has 280 valence electrons. The molecule has 3 aromatic carbocycles. The first-order chi connectivity index (χ1) is 25.0. The number of carbonyl (C=O) groups excluding carboxylic acids is 5. The number of carbonyl (C=O) groups is 7. The molecule has 3 aromatic rings. The molecule has 3 atom stereocenters. The second kappa shape index (κ2) is 16.8. The van der Waals surface area contributed by atoms with E-state index in [1.165, 1.54) is 17.0 Å². The Balaban J connectivity index is 1.51. The van der Waals surface area contributed by atoms with Gasteiger partial charge in [0, 0.05) is 17.9 Å². The highest BCUT2D eigenvalue weighted by Crippen LogP contribution is 2.33. The number of hydrogen-bond donors (Lipinski definition) is 6. The number of carboxylic acids is 2. The number of amides is 7. The highest BCUT2D eigenvalue weighted by atomic mass is 16.4. The molecule has 0 saturated carbocycles. The van der Waals surface area contributed by atoms with E-state index in [-0.39, 0.29) is 24.4 Å². The molecular formula is C38H44N6O9. The van der Waals surface area contributed by atoms with Gasteiger partial charge in [-0.3, -0.25) is 19.2 Å². The number of benzene rings is 3. The van der Waals surface area contributed by atoms with Gasteiger partial charge in [-0.2, -0.15) is 0 Å². The molecule has 3 unspecified atom stereocenters. The van der Waals surface area contributed by atoms with E-state index in [0.717, 1.165) is 10.5 Å². The largest absolute Gasteiger partial charge is 0.481 e. The summed E-state index contributed by atoms with van der Waals surface area (Å²) >= 11 is 0. The first kappa shape index (κ1) is 39.5. The number of urea groups is 2. The Morgan fingerprint density at radius 2 is 1.42 bits per heavy atom. The lowest BCUT2D eigenvalue weighted by atomic mass is 9.98. The molecular weight excluding hydrogens is 684 g/mol. The number of anilines is 2. The van der Waals surface area contributed by atoms with Gasteiger partial charge in [-0.05, 0) is 68.0 Å². The van der Waals surface area contributed by atoms with Gasteiger partial charge < -0.3 is 36.4 Å². The van der Waals surface area contributed by atoms with Crippen LogP contribution < -0.4 is 21.3 Å². The van der Waals surface area contributed by atoms with Crippen molar-refractivity contribution in [2.75, 3.05) is 10.6 Å². The topological polar surface area (TPSA) is 215 Å². The van der Waals surface area contributed by atoms with Crippen molar-refractivity contribution in [1.82, 2.24) is 20.4 Å². The zero-order chi connectivity index (χ0) is 39.0. The number of rotatable bonds is 15. The molecule has 4 rings (SSSR count). The lowest BCUT2D eigenvalue weighted by Crippen LogP contribution is -2.56. The predicted molar refractivity (Wildman–Crippen MR) is 195 cm³/mol. The fraction of sp³-hybridized carbons (Fsp3) is 0.342. The molecule has 15 heteroatoms. The first-order valence-electron chi connectivity index (χ1n) is 17.0. The van der Waals surface area contributed by atoms with Crippen LogP contribution in [-0.2, 0) is 30.5 Å². The molecule has 0 aromatic heterocycles. The fourth-order valence-electron chi connectivity index (χ4n) is 5.88. The predicted octanol–water partition coefficient (Wildman–Crippen LogP) is 4.50. The Bertz CT molecular complexity index is 1860. The third-order valence-electron chi connectivity index (χ3n) is 8.79. The second-order valence-electron chi connectivity index (χ2n) is 13.7. The van der Waals surface area contributed by atoms with Crippen LogP contribution in [-0.4, -0.2) is 79.4 Å². The number of hydrogen-bond acceptors (Lipinski definition) is 7. The number of aryl methyl sites for hydroxylation is 1. The van der Waals surface area contributed by atoms with E-state index in [4.69, 9.17) is 0 Å². The van der Waals surface area contributed by atoms with Gasteiger partial charge in [0.05, 0.1) is 6.42 Å². The van der Waals surface area contributed by atoms with Crippen molar-refractivity contribution in [3.63, 3.8) is 0 Å². The minimum atomic E-state index is -1.73. The summed E-state index contributed by atoms with van der Waals surface area (Å²) in [6.07, 6.45) is -0.910. The maximum Gasteiger partial charge on any atom is 0.330 e. The van der Waals surface area contributed by atoms with E-state index in [0.29, 0.717) is 16.9 Å². The van der Waals surface area contributed by atoms with Crippen LogP contribution in [0.25, 0.3) is 0 Å². The molecule has 0 aliphatic carbocycles. The van der Waals surface area contributed by atoms with Gasteiger partial charge in [0.25, 0.3) is 5.91 Å². The summed E-state index contributed by atoms with van der Waals surface area (Å²) < 4.78 is 0. The SMILES string of the molecule is Cc1ccccc1NC(=O)Nc1ccc(CN2C(=O)N(C(CC(C)C)C(=O)NC(CC(=O)O)C(=O)NC(C(=O)O)c3ccccc3)C(=O)C2(C)C)cc1. The normalized spacial score (nSPS) is 15.4. The zero-order valence-electron chi connectivity index (χ0n) is 30.1. The van der Waals surface area contributed by atoms with Crippen molar-refractivity contribution < 1.29 is 43.8 Å². The zero-order valence-corrected chi connectivity index (χ0v) is 30.1. The van der Waals surface area contributed by atoms with E-state index in [2.05, 4.69) is 21.3 Å². The van der Waals surface area contributed by atoms with Crippen molar-refractivity contribution in [2.24, 2.45) is 5.92 Å². The third kappa shape index (κ3) is 9.75. The Morgan fingerprint density at radius 3 is 2.00 bits per heavy atom. The van der Waals surface area contributed by atoms with Crippen LogP contribution >= 0.6 is 0 Å². The Hall–Kier alpha value is -6.25. The summed E-state index contributed by atoms with van der Waals surface area (Å²) in [4.78, 5) is 93.5. The molecule has 0 spiro atoms. The summed E-state index contributed by atoms with van der Waals surface area (Å²) in [7, 11) is 0. The maximum atomic E-state index is 14.0. The summed E-state index contributed by atoms with van der Waals surface area (Å²) in [5, 5.41) is 29.5. The maximum absolute atomic E-state index is 14.0. The molecule has 6 N–H and O–H groups in total. The molecule has 1 aliphatic heterocycles. The van der Waals surface area contributed by atoms with E-state index < -0.39 is 71.8 Å². The third-order valence-corrected chi connectivity index (χ3v) is 8.79. The Labute approximate surface area is 306 Å². The van der Waals surface area contributed by atoms with Gasteiger partial charge in [0.2, 0.25) is 11.8 Å². The molecule has 53 heavy (non-hydrogen) atoms. The van der Waals surface area contributed by atoms with E-state index in [1.807, 2.05) is 25.1 Å². The number of para-hydroxylation sites is 1. The van der Waals surface area contributed by atoms with Gasteiger partial charge in [-0.1, -0.05) is 74.5 Å². The first-order valence-corrected chi connectivity index (χ1v) is 17.0. The monoisotopic (exact) mass is 728 g/mol. The van der Waals surface area contributed by atoms with E-state index in [1.54, 1.807) is 76.2 Å². The minimum Gasteiger partial charge on any atom is -0.481 e. The molecule has 0 bridgehead atoms. The highest BCUT2D eigenvalue weighted by Gasteiger charge is 2.55. The van der Waals surface area contributed by atoms with Crippen LogP contribution in [0.5, 0.6) is 0 Å². The molecule has 1 fully saturated rings. The molecule has 15 nitrogen and oxygen atoms in total. The fourth-order valence-corrected chi connectivity index (χ4v) is 5.88. The molecule has 1 aliphatic rings. The smallest absolute Gasteiger partial charge is 0.330 e. The molecule has 1 heterocycles. The van der Waals surface area contributed by atoms with Gasteiger partial charge in [-0.15, -0.1) is 0 Å². The van der Waals surface area contributed by atoms with Gasteiger partial charge in [-0.25, -0.2) is 19.3 Å². The summed E-state index contributed by atoms with van der Waals surface area (Å²) in [6.45, 7) is 8.46. The summed E-state index contributed by atoms with van der Waals surface area (Å²) in [6, 6.07) is 15.8. The molecule has 1 saturated heterocycles. The van der Waals surface area contributed by atoms with Crippen molar-refractivity contribution in [2.45, 2.75) is 77.7 Å². The van der Waals surface area contributed by atoms with Crippen molar-refractivity contribution in [3.05, 3.63) is 95.6 Å². The van der Waals surface area contributed by atoms with Crippen LogP contribution in [0.1, 0.15) is 63.3 Å². The lowest BCUT2D eigenvalue weighted by molar-refractivity contribution is -0.144.